The highest BCUT2D eigenvalue weighted by atomic mass is 32.1. The van der Waals surface area contributed by atoms with Gasteiger partial charge in [-0.05, 0) is 47.2 Å². The highest BCUT2D eigenvalue weighted by molar-refractivity contribution is 7.32. The Labute approximate surface area is 227 Å². The largest absolute Gasteiger partial charge is 0.142 e. The molecule has 3 aromatic carbocycles. The summed E-state index contributed by atoms with van der Waals surface area (Å²) in [6.07, 6.45) is 4.70. The van der Waals surface area contributed by atoms with Gasteiger partial charge in [-0.3, -0.25) is 0 Å². The van der Waals surface area contributed by atoms with Crippen molar-refractivity contribution in [3.8, 4) is 20.9 Å². The van der Waals surface area contributed by atoms with E-state index in [4.69, 9.17) is 0 Å². The lowest BCUT2D eigenvalue weighted by Crippen LogP contribution is -1.82. The molecule has 36 heavy (non-hydrogen) atoms. The molecule has 0 atom stereocenters. The molecule has 0 aliphatic rings. The predicted octanol–water partition coefficient (Wildman–Crippen LogP) is 11.8. The third-order valence-corrected chi connectivity index (χ3v) is 11.8. The van der Waals surface area contributed by atoms with Crippen LogP contribution in [0.3, 0.4) is 0 Å². The third-order valence-electron chi connectivity index (χ3n) is 7.09. The summed E-state index contributed by atoms with van der Waals surface area (Å²) >= 11 is 7.69. The van der Waals surface area contributed by atoms with E-state index in [9.17, 15) is 0 Å². The molecular formula is C32H26S4. The molecule has 0 aliphatic carbocycles. The maximum atomic E-state index is 2.45. The fourth-order valence-corrected chi connectivity index (χ4v) is 10.2. The van der Waals surface area contributed by atoms with Crippen molar-refractivity contribution < 1.29 is 0 Å². The first-order valence-corrected chi connectivity index (χ1v) is 16.1. The Hall–Kier alpha value is -2.50. The molecule has 0 nitrogen and oxygen atoms in total. The van der Waals surface area contributed by atoms with E-state index < -0.39 is 0 Å². The SMILES string of the molecule is CCCc1ccc(-c2scc3c2sc2cc4c(cc23)sc2c(-c3ccc(CCC)cc3)scc24)cc1. The minimum absolute atomic E-state index is 1.16. The maximum Gasteiger partial charge on any atom is 0.0541 e. The first kappa shape index (κ1) is 22.7. The van der Waals surface area contributed by atoms with Gasteiger partial charge in [-0.2, -0.15) is 0 Å². The first-order valence-electron chi connectivity index (χ1n) is 12.7. The van der Waals surface area contributed by atoms with Crippen molar-refractivity contribution >= 4 is 85.7 Å². The van der Waals surface area contributed by atoms with Crippen LogP contribution >= 0.6 is 45.3 Å². The topological polar surface area (TPSA) is 0 Å². The van der Waals surface area contributed by atoms with E-state index in [1.807, 2.05) is 45.3 Å². The van der Waals surface area contributed by atoms with Gasteiger partial charge in [0.2, 0.25) is 0 Å². The molecule has 0 spiro atoms. The molecule has 0 N–H and O–H groups in total. The minimum atomic E-state index is 1.16. The molecule has 0 unspecified atom stereocenters. The number of hydrogen-bond donors (Lipinski definition) is 0. The van der Waals surface area contributed by atoms with Gasteiger partial charge in [-0.15, -0.1) is 45.3 Å². The van der Waals surface area contributed by atoms with E-state index in [1.165, 1.54) is 85.2 Å². The van der Waals surface area contributed by atoms with E-state index in [2.05, 4.69) is 85.3 Å². The molecule has 7 aromatic rings. The van der Waals surface area contributed by atoms with E-state index in [0.717, 1.165) is 12.8 Å². The summed E-state index contributed by atoms with van der Waals surface area (Å²) in [7, 11) is 0. The van der Waals surface area contributed by atoms with Gasteiger partial charge in [-0.1, -0.05) is 75.2 Å². The first-order chi connectivity index (χ1) is 17.7. The lowest BCUT2D eigenvalue weighted by molar-refractivity contribution is 0.922. The Morgan fingerprint density at radius 1 is 0.528 bits per heavy atom. The van der Waals surface area contributed by atoms with Gasteiger partial charge in [0, 0.05) is 41.7 Å². The summed E-state index contributed by atoms with van der Waals surface area (Å²) in [6, 6.07) is 23.4. The fourth-order valence-electron chi connectivity index (χ4n) is 5.26. The second kappa shape index (κ2) is 9.11. The molecular weight excluding hydrogens is 513 g/mol. The molecule has 178 valence electrons. The fraction of sp³-hybridized carbons (Fsp3) is 0.188. The zero-order chi connectivity index (χ0) is 24.2. The van der Waals surface area contributed by atoms with Gasteiger partial charge in [0.1, 0.15) is 0 Å². The van der Waals surface area contributed by atoms with Crippen molar-refractivity contribution in [2.24, 2.45) is 0 Å². The molecule has 4 aromatic heterocycles. The number of benzene rings is 3. The maximum absolute atomic E-state index is 2.45. The Balaban J connectivity index is 1.33. The molecule has 0 aliphatic heterocycles. The zero-order valence-electron chi connectivity index (χ0n) is 20.4. The zero-order valence-corrected chi connectivity index (χ0v) is 23.7. The Kier molecular flexibility index (Phi) is 5.74. The average Bonchev–Trinajstić information content (AvgIpc) is 3.65. The lowest BCUT2D eigenvalue weighted by atomic mass is 10.1. The van der Waals surface area contributed by atoms with Crippen molar-refractivity contribution in [2.45, 2.75) is 39.5 Å². The van der Waals surface area contributed by atoms with Gasteiger partial charge >= 0.3 is 0 Å². The summed E-state index contributed by atoms with van der Waals surface area (Å²) < 4.78 is 5.68. The minimum Gasteiger partial charge on any atom is -0.142 e. The summed E-state index contributed by atoms with van der Waals surface area (Å²) in [5.74, 6) is 0. The Morgan fingerprint density at radius 3 is 1.33 bits per heavy atom. The Morgan fingerprint density at radius 2 is 0.944 bits per heavy atom. The van der Waals surface area contributed by atoms with E-state index >= 15 is 0 Å². The second-order valence-electron chi connectivity index (χ2n) is 9.56. The predicted molar refractivity (Wildman–Crippen MR) is 167 cm³/mol. The lowest BCUT2D eigenvalue weighted by Gasteiger charge is -2.01. The standard InChI is InChI=1S/C32H26S4/c1-3-5-19-7-11-21(12-8-19)29-31-25(17-33-29)23-15-28-24(16-27(23)35-31)26-18-34-30(32(26)36-28)22-13-9-20(6-4-2)10-14-22/h7-18H,3-6H2,1-2H3. The number of rotatable bonds is 6. The molecule has 0 saturated carbocycles. The highest BCUT2D eigenvalue weighted by Crippen LogP contribution is 2.49. The van der Waals surface area contributed by atoms with Crippen LogP contribution in [-0.4, -0.2) is 0 Å². The van der Waals surface area contributed by atoms with Gasteiger partial charge in [0.15, 0.2) is 0 Å². The molecule has 4 heterocycles. The van der Waals surface area contributed by atoms with Crippen molar-refractivity contribution in [1.29, 1.82) is 0 Å². The third kappa shape index (κ3) is 3.66. The molecule has 0 fully saturated rings. The summed E-state index contributed by atoms with van der Waals surface area (Å²) in [6.45, 7) is 4.49. The van der Waals surface area contributed by atoms with E-state index in [0.29, 0.717) is 0 Å². The van der Waals surface area contributed by atoms with Crippen molar-refractivity contribution in [3.63, 3.8) is 0 Å². The smallest absolute Gasteiger partial charge is 0.0541 e. The van der Waals surface area contributed by atoms with Gasteiger partial charge < -0.3 is 0 Å². The van der Waals surface area contributed by atoms with Crippen LogP contribution in [0.25, 0.3) is 61.2 Å². The molecule has 0 radical (unpaired) electrons. The Bertz CT molecular complexity index is 1700. The van der Waals surface area contributed by atoms with Crippen LogP contribution in [0.15, 0.2) is 71.4 Å². The quantitative estimate of drug-likeness (QED) is 0.197. The average molecular weight is 539 g/mol. The summed E-state index contributed by atoms with van der Waals surface area (Å²) in [5.41, 5.74) is 5.56. The van der Waals surface area contributed by atoms with E-state index in [1.54, 1.807) is 0 Å². The number of thiophene rings is 4. The van der Waals surface area contributed by atoms with Crippen LogP contribution in [0.4, 0.5) is 0 Å². The van der Waals surface area contributed by atoms with Gasteiger partial charge in [-0.25, -0.2) is 0 Å². The summed E-state index contributed by atoms with van der Waals surface area (Å²) in [5, 5.41) is 10.4. The monoisotopic (exact) mass is 538 g/mol. The highest BCUT2D eigenvalue weighted by Gasteiger charge is 2.18. The molecule has 0 bridgehead atoms. The second-order valence-corrected chi connectivity index (χ2v) is 13.4. The van der Waals surface area contributed by atoms with Gasteiger partial charge in [0.05, 0.1) is 19.2 Å². The van der Waals surface area contributed by atoms with Crippen LogP contribution in [-0.2, 0) is 12.8 Å². The molecule has 7 rings (SSSR count). The molecule has 0 saturated heterocycles. The molecule has 4 heteroatoms. The van der Waals surface area contributed by atoms with Crippen molar-refractivity contribution in [3.05, 3.63) is 82.6 Å². The summed E-state index contributed by atoms with van der Waals surface area (Å²) in [4.78, 5) is 2.82. The van der Waals surface area contributed by atoms with Crippen LogP contribution in [0.5, 0.6) is 0 Å². The van der Waals surface area contributed by atoms with Crippen molar-refractivity contribution in [2.75, 3.05) is 0 Å². The number of aryl methyl sites for hydroxylation is 2. The number of fused-ring (bicyclic) bond motifs is 6. The van der Waals surface area contributed by atoms with Crippen LogP contribution < -0.4 is 0 Å². The van der Waals surface area contributed by atoms with Crippen molar-refractivity contribution in [1.82, 2.24) is 0 Å². The normalized spacial score (nSPS) is 12.1. The number of hydrogen-bond acceptors (Lipinski definition) is 4. The molecule has 0 amide bonds. The van der Waals surface area contributed by atoms with Crippen LogP contribution in [0, 0.1) is 0 Å². The van der Waals surface area contributed by atoms with E-state index in [-0.39, 0.29) is 0 Å². The van der Waals surface area contributed by atoms with Crippen LogP contribution in [0.2, 0.25) is 0 Å². The van der Waals surface area contributed by atoms with Crippen LogP contribution in [0.1, 0.15) is 37.8 Å². The van der Waals surface area contributed by atoms with Gasteiger partial charge in [0.25, 0.3) is 0 Å².